The zero-order valence-corrected chi connectivity index (χ0v) is 20.6. The highest BCUT2D eigenvalue weighted by Crippen LogP contribution is 2.23. The second-order valence-corrected chi connectivity index (χ2v) is 10.1. The van der Waals surface area contributed by atoms with Gasteiger partial charge in [0.2, 0.25) is 10.0 Å². The first-order chi connectivity index (χ1) is 17.4. The van der Waals surface area contributed by atoms with Gasteiger partial charge in [-0.2, -0.15) is 9.41 Å². The number of para-hydroxylation sites is 1. The Morgan fingerprint density at radius 2 is 1.56 bits per heavy atom. The minimum atomic E-state index is -3.85. The number of hydrogen-bond acceptors (Lipinski definition) is 5. The van der Waals surface area contributed by atoms with Crippen LogP contribution in [0.25, 0.3) is 0 Å². The number of benzene rings is 3. The van der Waals surface area contributed by atoms with E-state index in [9.17, 15) is 13.2 Å². The Kier molecular flexibility index (Phi) is 8.17. The molecular formula is C26H23ClN4O4S. The first kappa shape index (κ1) is 25.2. The van der Waals surface area contributed by atoms with Crippen molar-refractivity contribution in [1.29, 1.82) is 0 Å². The molecule has 0 unspecified atom stereocenters. The molecule has 1 aromatic heterocycles. The van der Waals surface area contributed by atoms with E-state index in [2.05, 4.69) is 15.8 Å². The van der Waals surface area contributed by atoms with Gasteiger partial charge in [-0.15, -0.1) is 0 Å². The van der Waals surface area contributed by atoms with Crippen LogP contribution in [-0.2, 0) is 23.1 Å². The maximum Gasteiger partial charge on any atom is 0.339 e. The van der Waals surface area contributed by atoms with Crippen molar-refractivity contribution >= 4 is 39.6 Å². The second kappa shape index (κ2) is 11.7. The molecule has 0 atom stereocenters. The standard InChI is InChI=1S/C26H23ClN4O4S/c27-21-11-15-25(16-12-21)36(33,34)31(18-20-7-3-1-4-8-20)19-24-14-13-23(35-24)17-28-30-26(32)29-22-9-5-2-6-10-22/h1-17H,18-19H2,(H2,29,30,32)/b28-17+. The quantitative estimate of drug-likeness (QED) is 0.224. The van der Waals surface area contributed by atoms with Crippen molar-refractivity contribution in [2.45, 2.75) is 18.0 Å². The molecule has 8 nitrogen and oxygen atoms in total. The number of carbonyl (C=O) groups is 1. The van der Waals surface area contributed by atoms with Crippen molar-refractivity contribution in [3.8, 4) is 0 Å². The average molecular weight is 523 g/mol. The number of rotatable bonds is 9. The van der Waals surface area contributed by atoms with Crippen LogP contribution in [0.3, 0.4) is 0 Å². The first-order valence-electron chi connectivity index (χ1n) is 10.9. The summed E-state index contributed by atoms with van der Waals surface area (Å²) < 4.78 is 33.9. The zero-order chi connectivity index (χ0) is 25.4. The van der Waals surface area contributed by atoms with Gasteiger partial charge in [-0.1, -0.05) is 60.1 Å². The molecule has 0 aliphatic rings. The van der Waals surface area contributed by atoms with Crippen LogP contribution in [0.15, 0.2) is 111 Å². The van der Waals surface area contributed by atoms with E-state index < -0.39 is 16.1 Å². The van der Waals surface area contributed by atoms with E-state index in [1.165, 1.54) is 34.8 Å². The number of nitrogens with zero attached hydrogens (tertiary/aromatic N) is 2. The van der Waals surface area contributed by atoms with Crippen molar-refractivity contribution in [2.75, 3.05) is 5.32 Å². The minimum absolute atomic E-state index is 0.00435. The third kappa shape index (κ3) is 6.82. The highest BCUT2D eigenvalue weighted by atomic mass is 35.5. The molecule has 0 radical (unpaired) electrons. The fourth-order valence-corrected chi connectivity index (χ4v) is 4.85. The molecule has 4 aromatic rings. The van der Waals surface area contributed by atoms with Crippen LogP contribution >= 0.6 is 11.6 Å². The molecule has 0 bridgehead atoms. The predicted octanol–water partition coefficient (Wildman–Crippen LogP) is 5.48. The molecule has 10 heteroatoms. The average Bonchev–Trinajstić information content (AvgIpc) is 3.32. The third-order valence-electron chi connectivity index (χ3n) is 5.06. The van der Waals surface area contributed by atoms with E-state index in [0.717, 1.165) is 5.56 Å². The molecule has 2 N–H and O–H groups in total. The molecule has 2 amide bonds. The Morgan fingerprint density at radius 3 is 2.25 bits per heavy atom. The van der Waals surface area contributed by atoms with Gasteiger partial charge in [-0.05, 0) is 54.1 Å². The van der Waals surface area contributed by atoms with E-state index >= 15 is 0 Å². The minimum Gasteiger partial charge on any atom is -0.459 e. The summed E-state index contributed by atoms with van der Waals surface area (Å²) in [7, 11) is -3.85. The van der Waals surface area contributed by atoms with Gasteiger partial charge in [0.05, 0.1) is 17.7 Å². The summed E-state index contributed by atoms with van der Waals surface area (Å²) in [6.45, 7) is 0.146. The van der Waals surface area contributed by atoms with Gasteiger partial charge >= 0.3 is 6.03 Å². The van der Waals surface area contributed by atoms with Crippen molar-refractivity contribution in [2.24, 2.45) is 5.10 Å². The fourth-order valence-electron chi connectivity index (χ4n) is 3.33. The van der Waals surface area contributed by atoms with Crippen LogP contribution in [0.1, 0.15) is 17.1 Å². The molecule has 0 fully saturated rings. The summed E-state index contributed by atoms with van der Waals surface area (Å²) in [6.07, 6.45) is 1.34. The fraction of sp³-hybridized carbons (Fsp3) is 0.0769. The van der Waals surface area contributed by atoms with Gasteiger partial charge < -0.3 is 9.73 Å². The summed E-state index contributed by atoms with van der Waals surface area (Å²) >= 11 is 5.94. The second-order valence-electron chi connectivity index (χ2n) is 7.71. The van der Waals surface area contributed by atoms with Crippen LogP contribution in [-0.4, -0.2) is 25.0 Å². The van der Waals surface area contributed by atoms with Crippen LogP contribution < -0.4 is 10.7 Å². The molecule has 184 valence electrons. The molecule has 3 aromatic carbocycles. The number of amides is 2. The van der Waals surface area contributed by atoms with Crippen LogP contribution in [0.4, 0.5) is 10.5 Å². The Morgan fingerprint density at radius 1 is 0.889 bits per heavy atom. The molecule has 0 spiro atoms. The van der Waals surface area contributed by atoms with Crippen LogP contribution in [0.2, 0.25) is 5.02 Å². The molecule has 0 aliphatic heterocycles. The Bertz CT molecular complexity index is 1420. The van der Waals surface area contributed by atoms with E-state index in [1.54, 1.807) is 36.4 Å². The van der Waals surface area contributed by atoms with Gasteiger partial charge in [0.25, 0.3) is 0 Å². The maximum absolute atomic E-state index is 13.4. The largest absolute Gasteiger partial charge is 0.459 e. The zero-order valence-electron chi connectivity index (χ0n) is 19.0. The number of carbonyl (C=O) groups excluding carboxylic acids is 1. The van der Waals surface area contributed by atoms with Gasteiger partial charge in [0, 0.05) is 17.3 Å². The Labute approximate surface area is 214 Å². The molecule has 0 aliphatic carbocycles. The van der Waals surface area contributed by atoms with Gasteiger partial charge in [0.15, 0.2) is 0 Å². The monoisotopic (exact) mass is 522 g/mol. The molecule has 1 heterocycles. The van der Waals surface area contributed by atoms with E-state index in [4.69, 9.17) is 16.0 Å². The topological polar surface area (TPSA) is 104 Å². The number of urea groups is 1. The summed E-state index contributed by atoms with van der Waals surface area (Å²) in [5.74, 6) is 0.771. The lowest BCUT2D eigenvalue weighted by Crippen LogP contribution is -2.30. The van der Waals surface area contributed by atoms with Crippen LogP contribution in [0.5, 0.6) is 0 Å². The number of furan rings is 1. The lowest BCUT2D eigenvalue weighted by molar-refractivity contribution is 0.252. The smallest absolute Gasteiger partial charge is 0.339 e. The number of hydrazone groups is 1. The Balaban J connectivity index is 1.46. The van der Waals surface area contributed by atoms with Crippen molar-refractivity contribution in [3.63, 3.8) is 0 Å². The third-order valence-corrected chi connectivity index (χ3v) is 7.12. The molecule has 0 saturated carbocycles. The van der Waals surface area contributed by atoms with Crippen molar-refractivity contribution in [1.82, 2.24) is 9.73 Å². The van der Waals surface area contributed by atoms with E-state index in [0.29, 0.717) is 22.2 Å². The summed E-state index contributed by atoms with van der Waals surface area (Å²) in [5, 5.41) is 6.97. The number of sulfonamides is 1. The summed E-state index contributed by atoms with van der Waals surface area (Å²) in [6, 6.07) is 27.1. The summed E-state index contributed by atoms with van der Waals surface area (Å²) in [4.78, 5) is 12.1. The highest BCUT2D eigenvalue weighted by Gasteiger charge is 2.26. The van der Waals surface area contributed by atoms with Crippen molar-refractivity contribution in [3.05, 3.63) is 119 Å². The lowest BCUT2D eigenvalue weighted by atomic mass is 10.2. The highest BCUT2D eigenvalue weighted by molar-refractivity contribution is 7.89. The van der Waals surface area contributed by atoms with E-state index in [1.807, 2.05) is 36.4 Å². The lowest BCUT2D eigenvalue weighted by Gasteiger charge is -2.21. The SMILES string of the molecule is O=C(N/N=C/c1ccc(CN(Cc2ccccc2)S(=O)(=O)c2ccc(Cl)cc2)o1)Nc1ccccc1. The molecule has 4 rings (SSSR count). The predicted molar refractivity (Wildman–Crippen MR) is 139 cm³/mol. The summed E-state index contributed by atoms with van der Waals surface area (Å²) in [5.41, 5.74) is 3.82. The number of halogens is 1. The molecular weight excluding hydrogens is 500 g/mol. The Hall–Kier alpha value is -3.92. The normalized spacial score (nSPS) is 11.6. The van der Waals surface area contributed by atoms with Gasteiger partial charge in [-0.25, -0.2) is 18.6 Å². The number of hydrogen-bond donors (Lipinski definition) is 2. The maximum atomic E-state index is 13.4. The van der Waals surface area contributed by atoms with E-state index in [-0.39, 0.29) is 18.0 Å². The number of nitrogens with one attached hydrogen (secondary N) is 2. The number of anilines is 1. The molecule has 0 saturated heterocycles. The van der Waals surface area contributed by atoms with Gasteiger partial charge in [0.1, 0.15) is 11.5 Å². The molecule has 36 heavy (non-hydrogen) atoms. The van der Waals surface area contributed by atoms with Crippen molar-refractivity contribution < 1.29 is 17.6 Å². The van der Waals surface area contributed by atoms with Gasteiger partial charge in [-0.3, -0.25) is 0 Å². The van der Waals surface area contributed by atoms with Crippen LogP contribution in [0, 0.1) is 0 Å². The first-order valence-corrected chi connectivity index (χ1v) is 12.8.